The average Bonchev–Trinajstić information content (AvgIpc) is 3.13. The second kappa shape index (κ2) is 8.39. The van der Waals surface area contributed by atoms with E-state index in [0.717, 1.165) is 23.4 Å². The van der Waals surface area contributed by atoms with Crippen LogP contribution in [0.3, 0.4) is 0 Å². The highest BCUT2D eigenvalue weighted by molar-refractivity contribution is 7.92. The van der Waals surface area contributed by atoms with Gasteiger partial charge in [-0.05, 0) is 17.7 Å². The van der Waals surface area contributed by atoms with E-state index >= 15 is 0 Å². The molecule has 3 heterocycles. The zero-order chi connectivity index (χ0) is 22.2. The number of hydrogen-bond donors (Lipinski definition) is 1. The molecular weight excluding hydrogens is 414 g/mol. The van der Waals surface area contributed by atoms with Crippen molar-refractivity contribution in [3.05, 3.63) is 48.0 Å². The van der Waals surface area contributed by atoms with Crippen LogP contribution in [0.1, 0.15) is 26.3 Å². The molecule has 1 saturated heterocycles. The first-order valence-electron chi connectivity index (χ1n) is 10.5. The Hall–Kier alpha value is -2.78. The zero-order valence-corrected chi connectivity index (χ0v) is 18.8. The summed E-state index contributed by atoms with van der Waals surface area (Å²) < 4.78 is 25.6. The number of anilines is 1. The number of amides is 1. The van der Waals surface area contributed by atoms with Gasteiger partial charge in [0.05, 0.1) is 10.9 Å². The summed E-state index contributed by atoms with van der Waals surface area (Å²) in [6, 6.07) is 13.9. The highest BCUT2D eigenvalue weighted by Crippen LogP contribution is 2.24. The molecule has 3 aromatic rings. The van der Waals surface area contributed by atoms with E-state index in [0.29, 0.717) is 18.7 Å². The van der Waals surface area contributed by atoms with E-state index in [2.05, 4.69) is 20.3 Å². The van der Waals surface area contributed by atoms with Crippen molar-refractivity contribution >= 4 is 27.3 Å². The number of nitrogens with one attached hydrogen (secondary N) is 1. The van der Waals surface area contributed by atoms with Crippen LogP contribution in [0.15, 0.2) is 42.5 Å². The van der Waals surface area contributed by atoms with Crippen LogP contribution in [0.5, 0.6) is 0 Å². The van der Waals surface area contributed by atoms with Crippen LogP contribution in [-0.2, 0) is 21.2 Å². The molecule has 1 aromatic carbocycles. The molecule has 1 fully saturated rings. The Morgan fingerprint density at radius 3 is 2.52 bits per heavy atom. The van der Waals surface area contributed by atoms with Gasteiger partial charge in [-0.2, -0.15) is 4.98 Å². The Labute approximate surface area is 182 Å². The molecule has 0 aliphatic carbocycles. The highest BCUT2D eigenvalue weighted by Gasteiger charge is 2.35. The third-order valence-electron chi connectivity index (χ3n) is 5.61. The maximum atomic E-state index is 12.0. The lowest BCUT2D eigenvalue weighted by atomic mass is 10.1. The number of rotatable bonds is 7. The Morgan fingerprint density at radius 1 is 1.16 bits per heavy atom. The Balaban J connectivity index is 1.48. The number of likely N-dealkylation sites (tertiary alicyclic amines) is 1. The second-order valence-electron chi connectivity index (χ2n) is 8.22. The molecule has 1 amide bonds. The minimum absolute atomic E-state index is 0.123. The molecule has 4 rings (SSSR count). The summed E-state index contributed by atoms with van der Waals surface area (Å²) in [5, 5.41) is 6.96. The maximum Gasteiger partial charge on any atom is 0.249 e. The van der Waals surface area contributed by atoms with Gasteiger partial charge in [0, 0.05) is 36.9 Å². The number of benzene rings is 1. The summed E-state index contributed by atoms with van der Waals surface area (Å²) in [7, 11) is -2.94. The van der Waals surface area contributed by atoms with Crippen molar-refractivity contribution in [2.75, 3.05) is 24.2 Å². The molecule has 8 nitrogen and oxygen atoms in total. The molecule has 0 radical (unpaired) electrons. The molecule has 1 aliphatic rings. The van der Waals surface area contributed by atoms with Crippen molar-refractivity contribution in [3.8, 4) is 11.3 Å². The van der Waals surface area contributed by atoms with Crippen molar-refractivity contribution in [3.63, 3.8) is 0 Å². The first kappa shape index (κ1) is 21.5. The quantitative estimate of drug-likeness (QED) is 0.605. The molecule has 0 spiro atoms. The van der Waals surface area contributed by atoms with Gasteiger partial charge in [0.2, 0.25) is 11.9 Å². The molecule has 1 aliphatic heterocycles. The molecule has 0 saturated carbocycles. The van der Waals surface area contributed by atoms with Crippen LogP contribution in [0.4, 0.5) is 5.95 Å². The SMILES string of the molecule is CCS(=O)(=O)C1CN(Cc2ccc(-c3cccc4nc(NC(=O)C(C)C)nn34)cc2)C1. The van der Waals surface area contributed by atoms with Gasteiger partial charge in [-0.1, -0.05) is 51.1 Å². The van der Waals surface area contributed by atoms with Gasteiger partial charge in [-0.3, -0.25) is 15.0 Å². The third kappa shape index (κ3) is 4.47. The number of fused-ring (bicyclic) bond motifs is 1. The summed E-state index contributed by atoms with van der Waals surface area (Å²) in [5.41, 5.74) is 3.65. The molecule has 31 heavy (non-hydrogen) atoms. The van der Waals surface area contributed by atoms with Gasteiger partial charge in [0.15, 0.2) is 15.5 Å². The molecule has 1 N–H and O–H groups in total. The lowest BCUT2D eigenvalue weighted by molar-refractivity contribution is -0.118. The number of nitrogens with zero attached hydrogens (tertiary/aromatic N) is 4. The Morgan fingerprint density at radius 2 is 1.87 bits per heavy atom. The Kier molecular flexibility index (Phi) is 5.81. The molecule has 164 valence electrons. The van der Waals surface area contributed by atoms with Crippen molar-refractivity contribution in [2.24, 2.45) is 5.92 Å². The fourth-order valence-electron chi connectivity index (χ4n) is 3.58. The van der Waals surface area contributed by atoms with Crippen LogP contribution in [0.25, 0.3) is 16.9 Å². The largest absolute Gasteiger partial charge is 0.296 e. The summed E-state index contributed by atoms with van der Waals surface area (Å²) >= 11 is 0. The second-order valence-corrected chi connectivity index (χ2v) is 10.8. The fourth-order valence-corrected chi connectivity index (χ4v) is 4.93. The predicted molar refractivity (Wildman–Crippen MR) is 120 cm³/mol. The fraction of sp³-hybridized carbons (Fsp3) is 0.409. The lowest BCUT2D eigenvalue weighted by Gasteiger charge is -2.38. The minimum Gasteiger partial charge on any atom is -0.296 e. The zero-order valence-electron chi connectivity index (χ0n) is 17.9. The molecule has 0 bridgehead atoms. The van der Waals surface area contributed by atoms with E-state index < -0.39 is 9.84 Å². The predicted octanol–water partition coefficient (Wildman–Crippen LogP) is 2.61. The van der Waals surface area contributed by atoms with Gasteiger partial charge < -0.3 is 0 Å². The summed E-state index contributed by atoms with van der Waals surface area (Å²) in [4.78, 5) is 18.5. The van der Waals surface area contributed by atoms with Gasteiger partial charge in [0.25, 0.3) is 0 Å². The minimum atomic E-state index is -2.94. The number of pyridine rings is 1. The monoisotopic (exact) mass is 441 g/mol. The number of carbonyl (C=O) groups is 1. The normalized spacial score (nSPS) is 15.4. The van der Waals surface area contributed by atoms with Crippen molar-refractivity contribution in [2.45, 2.75) is 32.6 Å². The number of hydrogen-bond acceptors (Lipinski definition) is 6. The molecule has 9 heteroatoms. The van der Waals surface area contributed by atoms with Crippen LogP contribution in [0.2, 0.25) is 0 Å². The summed E-state index contributed by atoms with van der Waals surface area (Å²) in [6.07, 6.45) is 0. The number of sulfone groups is 1. The van der Waals surface area contributed by atoms with E-state index in [1.54, 1.807) is 11.4 Å². The maximum absolute atomic E-state index is 12.0. The van der Waals surface area contributed by atoms with Crippen LogP contribution >= 0.6 is 0 Å². The Bertz CT molecular complexity index is 1200. The van der Waals surface area contributed by atoms with Gasteiger partial charge in [-0.25, -0.2) is 12.9 Å². The van der Waals surface area contributed by atoms with Gasteiger partial charge >= 0.3 is 0 Å². The van der Waals surface area contributed by atoms with E-state index in [9.17, 15) is 13.2 Å². The van der Waals surface area contributed by atoms with E-state index in [4.69, 9.17) is 0 Å². The van der Waals surface area contributed by atoms with E-state index in [-0.39, 0.29) is 28.8 Å². The molecule has 0 atom stereocenters. The third-order valence-corrected chi connectivity index (χ3v) is 7.73. The standard InChI is InChI=1S/C22H27N5O3S/c1-4-31(29,30)18-13-26(14-18)12-16-8-10-17(11-9-16)19-6-5-7-20-23-22(25-27(19)20)24-21(28)15(2)3/h5-11,15,18H,4,12-14H2,1-3H3,(H,24,25,28). The van der Waals surface area contributed by atoms with Crippen molar-refractivity contribution < 1.29 is 13.2 Å². The topological polar surface area (TPSA) is 96.7 Å². The smallest absolute Gasteiger partial charge is 0.249 e. The van der Waals surface area contributed by atoms with Gasteiger partial charge in [-0.15, -0.1) is 5.10 Å². The van der Waals surface area contributed by atoms with Gasteiger partial charge in [0.1, 0.15) is 0 Å². The summed E-state index contributed by atoms with van der Waals surface area (Å²) in [5.74, 6) is 0.220. The van der Waals surface area contributed by atoms with Crippen LogP contribution in [-0.4, -0.2) is 57.9 Å². The highest BCUT2D eigenvalue weighted by atomic mass is 32.2. The van der Waals surface area contributed by atoms with Crippen molar-refractivity contribution in [1.29, 1.82) is 0 Å². The number of aromatic nitrogens is 3. The lowest BCUT2D eigenvalue weighted by Crippen LogP contribution is -2.54. The molecule has 2 aromatic heterocycles. The molecular formula is C22H27N5O3S. The molecule has 0 unspecified atom stereocenters. The van der Waals surface area contributed by atoms with Crippen LogP contribution < -0.4 is 5.32 Å². The average molecular weight is 442 g/mol. The van der Waals surface area contributed by atoms with Crippen molar-refractivity contribution in [1.82, 2.24) is 19.5 Å². The van der Waals surface area contributed by atoms with Crippen LogP contribution in [0, 0.1) is 5.92 Å². The van der Waals surface area contributed by atoms with E-state index in [1.807, 2.05) is 56.3 Å². The van der Waals surface area contributed by atoms with E-state index in [1.165, 1.54) is 0 Å². The summed E-state index contributed by atoms with van der Waals surface area (Å²) in [6.45, 7) is 7.27. The first-order chi connectivity index (χ1) is 14.8. The first-order valence-corrected chi connectivity index (χ1v) is 12.2. The number of carbonyl (C=O) groups excluding carboxylic acids is 1.